The van der Waals surface area contributed by atoms with E-state index in [-0.39, 0.29) is 53.1 Å². The van der Waals surface area contributed by atoms with E-state index in [9.17, 15) is 0 Å². The highest BCUT2D eigenvalue weighted by Crippen LogP contribution is 2.49. The molecule has 0 bridgehead atoms. The number of likely N-dealkylation sites (N-methyl/N-ethyl adjacent to an activating group) is 1. The molecule has 114 valence electrons. The molecule has 1 atom stereocenters. The maximum Gasteiger partial charge on any atom is 0.0639 e. The van der Waals surface area contributed by atoms with E-state index in [0.29, 0.717) is 11.5 Å². The summed E-state index contributed by atoms with van der Waals surface area (Å²) >= 11 is 5.97. The number of halogens is 2. The Morgan fingerprint density at radius 2 is 1.80 bits per heavy atom. The van der Waals surface area contributed by atoms with Crippen LogP contribution < -0.4 is 0 Å². The second kappa shape index (κ2) is 7.15. The molecule has 1 saturated carbocycles. The van der Waals surface area contributed by atoms with Gasteiger partial charge in [0.1, 0.15) is 0 Å². The largest absolute Gasteiger partial charge is 0.306 e. The fourth-order valence-corrected chi connectivity index (χ4v) is 3.33. The molecule has 1 unspecified atom stereocenters. The topological polar surface area (TPSA) is 3.24 Å². The average molecular weight is 320 g/mol. The predicted octanol–water partition coefficient (Wildman–Crippen LogP) is 5.16. The monoisotopic (exact) mass is 319 g/mol. The van der Waals surface area contributed by atoms with E-state index in [0.717, 1.165) is 25.7 Å². The molecule has 3 heteroatoms. The number of benzene rings is 1. The van der Waals surface area contributed by atoms with E-state index in [1.807, 2.05) is 14.1 Å². The molecule has 1 fully saturated rings. The van der Waals surface area contributed by atoms with Crippen molar-refractivity contribution in [3.8, 4) is 0 Å². The first-order chi connectivity index (χ1) is 10.6. The van der Waals surface area contributed by atoms with Crippen LogP contribution in [0.2, 0.25) is 5.02 Å². The normalized spacial score (nSPS) is 21.4. The summed E-state index contributed by atoms with van der Waals surface area (Å²) < 4.78 is 32.9. The van der Waals surface area contributed by atoms with E-state index in [1.165, 1.54) is 0 Å². The van der Waals surface area contributed by atoms with Gasteiger partial charge in [-0.15, -0.1) is 12.4 Å². The van der Waals surface area contributed by atoms with Crippen LogP contribution >= 0.6 is 24.0 Å². The maximum atomic E-state index is 8.39. The van der Waals surface area contributed by atoms with Crippen LogP contribution in [0.5, 0.6) is 0 Å². The first kappa shape index (κ1) is 12.3. The molecule has 1 nitrogen and oxygen atoms in total. The third-order valence-corrected chi connectivity index (χ3v) is 4.48. The van der Waals surface area contributed by atoms with Crippen LogP contribution in [0.3, 0.4) is 0 Å². The lowest BCUT2D eigenvalue weighted by Crippen LogP contribution is -2.52. The van der Waals surface area contributed by atoms with Crippen molar-refractivity contribution in [2.45, 2.75) is 51.0 Å². The van der Waals surface area contributed by atoms with Gasteiger partial charge in [-0.1, -0.05) is 44.0 Å². The van der Waals surface area contributed by atoms with E-state index >= 15 is 0 Å². The van der Waals surface area contributed by atoms with Crippen LogP contribution in [0, 0.1) is 5.92 Å². The molecule has 0 amide bonds. The van der Waals surface area contributed by atoms with Gasteiger partial charge in [-0.2, -0.15) is 0 Å². The second-order valence-electron chi connectivity index (χ2n) is 6.31. The Bertz CT molecular complexity index is 572. The van der Waals surface area contributed by atoms with Crippen molar-refractivity contribution < 1.29 is 5.48 Å². The number of rotatable bonds is 5. The number of nitrogens with zero attached hydrogens (tertiary/aromatic N) is 1. The zero-order chi connectivity index (χ0) is 17.5. The van der Waals surface area contributed by atoms with Gasteiger partial charge in [0.05, 0.1) is 5.48 Å². The van der Waals surface area contributed by atoms with Crippen molar-refractivity contribution >= 4 is 24.0 Å². The number of hydrogen-bond donors (Lipinski definition) is 0. The van der Waals surface area contributed by atoms with Crippen molar-refractivity contribution in [1.29, 1.82) is 0 Å². The van der Waals surface area contributed by atoms with E-state index in [1.54, 1.807) is 0 Å². The minimum atomic E-state index is -0.307. The summed E-state index contributed by atoms with van der Waals surface area (Å²) in [5, 5.41) is -0.0801. The summed E-state index contributed by atoms with van der Waals surface area (Å²) in [6, 6.07) is 0.0361. The molecule has 1 aliphatic rings. The minimum absolute atomic E-state index is 0. The molecule has 1 aliphatic carbocycles. The Balaban J connectivity index is 0.00000288. The van der Waals surface area contributed by atoms with Crippen LogP contribution in [-0.2, 0) is 5.41 Å². The van der Waals surface area contributed by atoms with Crippen molar-refractivity contribution in [3.63, 3.8) is 0 Å². The van der Waals surface area contributed by atoms with Gasteiger partial charge in [-0.25, -0.2) is 0 Å². The minimum Gasteiger partial charge on any atom is -0.306 e. The predicted molar refractivity (Wildman–Crippen MR) is 91.2 cm³/mol. The van der Waals surface area contributed by atoms with Gasteiger partial charge in [0.2, 0.25) is 0 Å². The lowest BCUT2D eigenvalue weighted by atomic mass is 9.58. The Kier molecular flexibility index (Phi) is 4.41. The summed E-state index contributed by atoms with van der Waals surface area (Å²) in [6.07, 6.45) is 3.83. The van der Waals surface area contributed by atoms with E-state index in [4.69, 9.17) is 17.1 Å². The first-order valence-corrected chi connectivity index (χ1v) is 7.44. The second-order valence-corrected chi connectivity index (χ2v) is 6.69. The SMILES string of the molecule is Cl.[2H]c1c([2H])c(C2(C(CC(C)C)N(C)C)CCC2)c([2H])c([2H])c1Cl. The van der Waals surface area contributed by atoms with Crippen molar-refractivity contribution in [2.24, 2.45) is 5.92 Å². The molecular formula is C17H27Cl2N. The Morgan fingerprint density at radius 3 is 2.15 bits per heavy atom. The average Bonchev–Trinajstić information content (AvgIpc) is 2.43. The maximum absolute atomic E-state index is 8.39. The quantitative estimate of drug-likeness (QED) is 0.724. The van der Waals surface area contributed by atoms with Gasteiger partial charge < -0.3 is 4.90 Å². The molecule has 0 aromatic heterocycles. The molecule has 0 aliphatic heterocycles. The van der Waals surface area contributed by atoms with Crippen LogP contribution in [0.1, 0.15) is 50.6 Å². The van der Waals surface area contributed by atoms with Gasteiger partial charge in [-0.05, 0) is 56.9 Å². The standard InChI is InChI=1S/C17H26ClN.ClH/c1-13(2)12-16(19(3)4)17(10-5-11-17)14-6-8-15(18)9-7-14;/h6-9,13,16H,5,10-12H2,1-4H3;1H/i6D,7D,8D,9D;. The van der Waals surface area contributed by atoms with Crippen LogP contribution in [0.15, 0.2) is 24.2 Å². The fourth-order valence-electron chi connectivity index (χ4n) is 3.23. The van der Waals surface area contributed by atoms with Crippen LogP contribution in [-0.4, -0.2) is 25.0 Å². The number of hydrogen-bond acceptors (Lipinski definition) is 1. The summed E-state index contributed by atoms with van der Waals surface area (Å²) in [4.78, 5) is 2.18. The van der Waals surface area contributed by atoms with Gasteiger partial charge in [0, 0.05) is 16.5 Å². The van der Waals surface area contributed by atoms with Crippen molar-refractivity contribution in [2.75, 3.05) is 14.1 Å². The van der Waals surface area contributed by atoms with E-state index < -0.39 is 0 Å². The molecule has 0 saturated heterocycles. The smallest absolute Gasteiger partial charge is 0.0639 e. The molecule has 0 radical (unpaired) electrons. The molecule has 1 aromatic rings. The highest BCUT2D eigenvalue weighted by Gasteiger charge is 2.46. The molecule has 1 aromatic carbocycles. The van der Waals surface area contributed by atoms with Crippen molar-refractivity contribution in [1.82, 2.24) is 4.90 Å². The molecule has 20 heavy (non-hydrogen) atoms. The van der Waals surface area contributed by atoms with Gasteiger partial charge in [0.15, 0.2) is 0 Å². The molecule has 0 N–H and O–H groups in total. The third kappa shape index (κ3) is 3.50. The molecule has 0 spiro atoms. The molecular weight excluding hydrogens is 289 g/mol. The zero-order valence-corrected chi connectivity index (χ0v) is 14.3. The zero-order valence-electron chi connectivity index (χ0n) is 16.7. The lowest BCUT2D eigenvalue weighted by molar-refractivity contribution is 0.0808. The van der Waals surface area contributed by atoms with Gasteiger partial charge in [-0.3, -0.25) is 0 Å². The van der Waals surface area contributed by atoms with Crippen LogP contribution in [0.4, 0.5) is 0 Å². The Morgan fingerprint density at radius 1 is 1.25 bits per heavy atom. The van der Waals surface area contributed by atoms with Gasteiger partial charge in [0.25, 0.3) is 0 Å². The lowest BCUT2D eigenvalue weighted by Gasteiger charge is -2.51. The Hall–Kier alpha value is -0.240. The first-order valence-electron chi connectivity index (χ1n) is 9.06. The summed E-state index contributed by atoms with van der Waals surface area (Å²) in [5.74, 6) is 0.501. The van der Waals surface area contributed by atoms with E-state index in [2.05, 4.69) is 18.7 Å². The molecule has 0 heterocycles. The van der Waals surface area contributed by atoms with Gasteiger partial charge >= 0.3 is 0 Å². The summed E-state index contributed by atoms with van der Waals surface area (Å²) in [5.41, 5.74) is 0.250. The molecule has 2 rings (SSSR count). The summed E-state index contributed by atoms with van der Waals surface area (Å²) in [7, 11) is 4.08. The van der Waals surface area contributed by atoms with Crippen molar-refractivity contribution in [3.05, 3.63) is 34.8 Å². The summed E-state index contributed by atoms with van der Waals surface area (Å²) in [6.45, 7) is 4.36. The highest BCUT2D eigenvalue weighted by molar-refractivity contribution is 6.30. The third-order valence-electron chi connectivity index (χ3n) is 4.29. The highest BCUT2D eigenvalue weighted by atomic mass is 35.5. The van der Waals surface area contributed by atoms with Crippen LogP contribution in [0.25, 0.3) is 0 Å². The Labute approximate surface area is 140 Å². The fraction of sp³-hybridized carbons (Fsp3) is 0.647.